The fourth-order valence-corrected chi connectivity index (χ4v) is 0.956. The van der Waals surface area contributed by atoms with Crippen molar-refractivity contribution in [1.29, 1.82) is 5.26 Å². The summed E-state index contributed by atoms with van der Waals surface area (Å²) in [5.41, 5.74) is 0.551. The van der Waals surface area contributed by atoms with Crippen molar-refractivity contribution in [3.8, 4) is 6.07 Å². The summed E-state index contributed by atoms with van der Waals surface area (Å²) in [6.07, 6.45) is 4.51. The Hall–Kier alpha value is -1.76. The zero-order chi connectivity index (χ0) is 9.68. The van der Waals surface area contributed by atoms with Gasteiger partial charge in [-0.25, -0.2) is 4.79 Å². The number of allylic oxidation sites excluding steroid dienone is 2. The third-order valence-electron chi connectivity index (χ3n) is 1.55. The minimum absolute atomic E-state index is 0.297. The second-order valence-corrected chi connectivity index (χ2v) is 2.47. The molecule has 0 N–H and O–H groups in total. The summed E-state index contributed by atoms with van der Waals surface area (Å²) in [6.45, 7) is 2.38. The number of nitriles is 1. The summed E-state index contributed by atoms with van der Waals surface area (Å²) in [5, 5.41) is 8.59. The van der Waals surface area contributed by atoms with Crippen molar-refractivity contribution in [2.75, 3.05) is 13.2 Å². The molecule has 13 heavy (non-hydrogen) atoms. The Morgan fingerprint density at radius 1 is 1.85 bits per heavy atom. The number of ether oxygens (including phenoxy) is 1. The lowest BCUT2D eigenvalue weighted by molar-refractivity contribution is 0.124. The summed E-state index contributed by atoms with van der Waals surface area (Å²) in [6, 6.07) is 1.99. The van der Waals surface area contributed by atoms with Gasteiger partial charge in [-0.15, -0.1) is 0 Å². The summed E-state index contributed by atoms with van der Waals surface area (Å²) in [4.78, 5) is 12.5. The molecule has 0 saturated carbocycles. The van der Waals surface area contributed by atoms with Crippen molar-refractivity contribution in [2.24, 2.45) is 0 Å². The molecular formula is C9H10N2O2. The molecule has 0 radical (unpaired) electrons. The van der Waals surface area contributed by atoms with Crippen molar-refractivity contribution in [3.63, 3.8) is 0 Å². The Labute approximate surface area is 76.7 Å². The van der Waals surface area contributed by atoms with Gasteiger partial charge in [-0.2, -0.15) is 5.26 Å². The lowest BCUT2D eigenvalue weighted by atomic mass is 10.2. The fourth-order valence-electron chi connectivity index (χ4n) is 0.956. The zero-order valence-electron chi connectivity index (χ0n) is 7.36. The first-order chi connectivity index (χ1) is 6.27. The number of hydrogen-bond donors (Lipinski definition) is 0. The van der Waals surface area contributed by atoms with Gasteiger partial charge in [0.05, 0.1) is 19.2 Å². The monoisotopic (exact) mass is 178 g/mol. The molecule has 1 heterocycles. The van der Waals surface area contributed by atoms with E-state index in [9.17, 15) is 4.79 Å². The zero-order valence-corrected chi connectivity index (χ0v) is 7.36. The van der Waals surface area contributed by atoms with E-state index < -0.39 is 6.09 Å². The van der Waals surface area contributed by atoms with Crippen molar-refractivity contribution in [3.05, 3.63) is 23.9 Å². The number of hydrogen-bond acceptors (Lipinski definition) is 3. The van der Waals surface area contributed by atoms with Crippen molar-refractivity contribution in [2.45, 2.75) is 6.92 Å². The number of nitrogens with zero attached hydrogens (tertiary/aromatic N) is 2. The van der Waals surface area contributed by atoms with E-state index in [1.54, 1.807) is 25.3 Å². The Morgan fingerprint density at radius 3 is 3.23 bits per heavy atom. The van der Waals surface area contributed by atoms with E-state index in [4.69, 9.17) is 10.00 Å². The average Bonchev–Trinajstić information content (AvgIpc) is 2.18. The normalized spacial score (nSPS) is 14.8. The van der Waals surface area contributed by atoms with Gasteiger partial charge in [-0.1, -0.05) is 0 Å². The average molecular weight is 178 g/mol. The lowest BCUT2D eigenvalue weighted by Crippen LogP contribution is -2.29. The number of amides is 1. The standard InChI is InChI=1S/C9H10N2O2/c1-2-13-9(12)11-5-3-4-8(6-10)7-11/h3-5H,2,7H2,1H3. The maximum absolute atomic E-state index is 11.2. The molecule has 0 bridgehead atoms. The van der Waals surface area contributed by atoms with Gasteiger partial charge in [0.25, 0.3) is 0 Å². The molecule has 1 aliphatic rings. The largest absolute Gasteiger partial charge is 0.449 e. The highest BCUT2D eigenvalue weighted by Crippen LogP contribution is 2.07. The van der Waals surface area contributed by atoms with Crippen LogP contribution >= 0.6 is 0 Å². The van der Waals surface area contributed by atoms with Gasteiger partial charge in [0.2, 0.25) is 0 Å². The molecule has 0 aromatic heterocycles. The fraction of sp³-hybridized carbons (Fsp3) is 0.333. The molecule has 1 aliphatic heterocycles. The summed E-state index contributed by atoms with van der Waals surface area (Å²) in [7, 11) is 0. The maximum Gasteiger partial charge on any atom is 0.414 e. The van der Waals surface area contributed by atoms with Crippen molar-refractivity contribution >= 4 is 6.09 Å². The highest BCUT2D eigenvalue weighted by atomic mass is 16.6. The van der Waals surface area contributed by atoms with E-state index in [1.165, 1.54) is 4.90 Å². The third kappa shape index (κ3) is 2.34. The molecule has 1 rings (SSSR count). The predicted molar refractivity (Wildman–Crippen MR) is 46.6 cm³/mol. The minimum Gasteiger partial charge on any atom is -0.449 e. The van der Waals surface area contributed by atoms with E-state index in [0.717, 1.165) is 0 Å². The van der Waals surface area contributed by atoms with Crippen LogP contribution in [-0.2, 0) is 4.74 Å². The Kier molecular flexibility index (Phi) is 3.09. The van der Waals surface area contributed by atoms with Crippen LogP contribution in [0.15, 0.2) is 23.9 Å². The summed E-state index contributed by atoms with van der Waals surface area (Å²) >= 11 is 0. The highest BCUT2D eigenvalue weighted by molar-refractivity contribution is 5.70. The maximum atomic E-state index is 11.2. The minimum atomic E-state index is -0.417. The van der Waals surface area contributed by atoms with Gasteiger partial charge in [0.1, 0.15) is 0 Å². The molecule has 68 valence electrons. The first-order valence-electron chi connectivity index (χ1n) is 3.98. The van der Waals surface area contributed by atoms with Crippen LogP contribution < -0.4 is 0 Å². The third-order valence-corrected chi connectivity index (χ3v) is 1.55. The molecular weight excluding hydrogens is 168 g/mol. The summed E-state index contributed by atoms with van der Waals surface area (Å²) in [5.74, 6) is 0. The van der Waals surface area contributed by atoms with E-state index in [0.29, 0.717) is 18.7 Å². The van der Waals surface area contributed by atoms with Crippen LogP contribution in [0.2, 0.25) is 0 Å². The van der Waals surface area contributed by atoms with Crippen LogP contribution in [0.4, 0.5) is 4.79 Å². The molecule has 4 heteroatoms. The quantitative estimate of drug-likeness (QED) is 0.610. The molecule has 0 unspecified atom stereocenters. The molecule has 0 atom stereocenters. The van der Waals surface area contributed by atoms with E-state index >= 15 is 0 Å². The van der Waals surface area contributed by atoms with Gasteiger partial charge in [0, 0.05) is 11.8 Å². The number of rotatable bonds is 1. The van der Waals surface area contributed by atoms with Gasteiger partial charge in [-0.3, -0.25) is 4.90 Å². The Balaban J connectivity index is 2.58. The predicted octanol–water partition coefficient (Wildman–Crippen LogP) is 1.42. The number of carbonyl (C=O) groups excluding carboxylic acids is 1. The lowest BCUT2D eigenvalue weighted by Gasteiger charge is -2.18. The molecule has 0 aromatic rings. The van der Waals surface area contributed by atoms with Crippen LogP contribution in [0.25, 0.3) is 0 Å². The van der Waals surface area contributed by atoms with Crippen LogP contribution in [0.1, 0.15) is 6.92 Å². The van der Waals surface area contributed by atoms with E-state index in [1.807, 2.05) is 6.07 Å². The molecule has 0 spiro atoms. The Morgan fingerprint density at radius 2 is 2.62 bits per heavy atom. The van der Waals surface area contributed by atoms with Crippen molar-refractivity contribution < 1.29 is 9.53 Å². The Bertz CT molecular complexity index is 299. The molecule has 0 saturated heterocycles. The molecule has 1 amide bonds. The topological polar surface area (TPSA) is 53.3 Å². The van der Waals surface area contributed by atoms with Crippen LogP contribution in [0.3, 0.4) is 0 Å². The second-order valence-electron chi connectivity index (χ2n) is 2.47. The number of carbonyl (C=O) groups is 1. The van der Waals surface area contributed by atoms with Crippen LogP contribution in [-0.4, -0.2) is 24.1 Å². The first-order valence-corrected chi connectivity index (χ1v) is 3.98. The highest BCUT2D eigenvalue weighted by Gasteiger charge is 2.14. The van der Waals surface area contributed by atoms with Gasteiger partial charge >= 0.3 is 6.09 Å². The molecule has 0 aliphatic carbocycles. The molecule has 0 fully saturated rings. The van der Waals surface area contributed by atoms with Gasteiger partial charge < -0.3 is 4.74 Å². The van der Waals surface area contributed by atoms with Gasteiger partial charge in [0.15, 0.2) is 0 Å². The van der Waals surface area contributed by atoms with Crippen molar-refractivity contribution in [1.82, 2.24) is 4.90 Å². The van der Waals surface area contributed by atoms with Gasteiger partial charge in [-0.05, 0) is 19.1 Å². The van der Waals surface area contributed by atoms with E-state index in [2.05, 4.69) is 0 Å². The van der Waals surface area contributed by atoms with Crippen LogP contribution in [0.5, 0.6) is 0 Å². The summed E-state index contributed by atoms with van der Waals surface area (Å²) < 4.78 is 4.77. The molecule has 4 nitrogen and oxygen atoms in total. The SMILES string of the molecule is CCOC(=O)N1C=CC=C(C#N)C1. The first kappa shape index (κ1) is 9.33. The van der Waals surface area contributed by atoms with E-state index in [-0.39, 0.29) is 0 Å². The van der Waals surface area contributed by atoms with Crippen LogP contribution in [0, 0.1) is 11.3 Å². The molecule has 0 aromatic carbocycles. The second kappa shape index (κ2) is 4.31. The smallest absolute Gasteiger partial charge is 0.414 e.